The summed E-state index contributed by atoms with van der Waals surface area (Å²) in [6.07, 6.45) is 7.97. The Hall–Kier alpha value is -2.99. The Morgan fingerprint density at radius 2 is 2.04 bits per heavy atom. The van der Waals surface area contributed by atoms with Crippen LogP contribution in [0.3, 0.4) is 0 Å². The van der Waals surface area contributed by atoms with Gasteiger partial charge in [-0.25, -0.2) is 9.97 Å². The SMILES string of the molecule is CCNCCc1ccc(Nc2nccc(-c3c[nH]c4c3=CCCN=4)n2)cc1. The van der Waals surface area contributed by atoms with Gasteiger partial charge < -0.3 is 15.6 Å². The Kier molecular flexibility index (Phi) is 5.25. The molecule has 2 aromatic heterocycles. The Morgan fingerprint density at radius 3 is 2.89 bits per heavy atom. The fourth-order valence-electron chi connectivity index (χ4n) is 3.22. The summed E-state index contributed by atoms with van der Waals surface area (Å²) in [5.74, 6) is 0.593. The lowest BCUT2D eigenvalue weighted by Crippen LogP contribution is -2.27. The minimum atomic E-state index is 0.593. The maximum atomic E-state index is 4.69. The van der Waals surface area contributed by atoms with Crippen LogP contribution in [0.1, 0.15) is 18.9 Å². The molecule has 3 N–H and O–H groups in total. The third-order valence-electron chi connectivity index (χ3n) is 4.63. The molecule has 0 radical (unpaired) electrons. The highest BCUT2D eigenvalue weighted by Gasteiger charge is 2.09. The third kappa shape index (κ3) is 4.06. The highest BCUT2D eigenvalue weighted by Crippen LogP contribution is 2.17. The van der Waals surface area contributed by atoms with Crippen LogP contribution in [0.4, 0.5) is 11.6 Å². The number of rotatable bonds is 7. The molecule has 3 aromatic rings. The first-order valence-corrected chi connectivity index (χ1v) is 9.45. The van der Waals surface area contributed by atoms with Crippen LogP contribution in [0.25, 0.3) is 17.3 Å². The minimum absolute atomic E-state index is 0.593. The summed E-state index contributed by atoms with van der Waals surface area (Å²) in [5, 5.41) is 7.78. The maximum absolute atomic E-state index is 4.69. The molecule has 0 atom stereocenters. The molecular weight excluding hydrogens is 336 g/mol. The van der Waals surface area contributed by atoms with E-state index in [4.69, 9.17) is 0 Å². The van der Waals surface area contributed by atoms with Gasteiger partial charge in [0.25, 0.3) is 0 Å². The number of nitrogens with zero attached hydrogens (tertiary/aromatic N) is 3. The summed E-state index contributed by atoms with van der Waals surface area (Å²) in [4.78, 5) is 16.8. The van der Waals surface area contributed by atoms with Crippen molar-refractivity contribution < 1.29 is 0 Å². The molecule has 1 aliphatic heterocycles. The van der Waals surface area contributed by atoms with E-state index in [1.165, 1.54) is 5.56 Å². The predicted octanol–water partition coefficient (Wildman–Crippen LogP) is 2.17. The second kappa shape index (κ2) is 8.14. The summed E-state index contributed by atoms with van der Waals surface area (Å²) in [6.45, 7) is 4.97. The first-order chi connectivity index (χ1) is 13.3. The summed E-state index contributed by atoms with van der Waals surface area (Å²) in [7, 11) is 0. The molecule has 0 fully saturated rings. The molecule has 6 nitrogen and oxygen atoms in total. The molecule has 6 heteroatoms. The topological polar surface area (TPSA) is 78.0 Å². The molecule has 1 aromatic carbocycles. The fourth-order valence-corrected chi connectivity index (χ4v) is 3.22. The van der Waals surface area contributed by atoms with Crippen molar-refractivity contribution in [3.8, 4) is 11.3 Å². The molecule has 0 unspecified atom stereocenters. The van der Waals surface area contributed by atoms with Crippen LogP contribution in [0.5, 0.6) is 0 Å². The zero-order valence-electron chi connectivity index (χ0n) is 15.5. The number of aromatic amines is 1. The molecule has 0 aliphatic carbocycles. The van der Waals surface area contributed by atoms with E-state index in [1.807, 2.05) is 12.3 Å². The lowest BCUT2D eigenvalue weighted by Gasteiger charge is -2.08. The normalized spacial score (nSPS) is 12.8. The molecular formula is C21H24N6. The largest absolute Gasteiger partial charge is 0.346 e. The monoisotopic (exact) mass is 360 g/mol. The zero-order chi connectivity index (χ0) is 18.5. The Balaban J connectivity index is 1.51. The van der Waals surface area contributed by atoms with Crippen molar-refractivity contribution in [1.82, 2.24) is 20.3 Å². The van der Waals surface area contributed by atoms with Gasteiger partial charge in [-0.1, -0.05) is 25.1 Å². The van der Waals surface area contributed by atoms with Crippen LogP contribution in [-0.2, 0) is 6.42 Å². The Bertz CT molecular complexity index is 1020. The van der Waals surface area contributed by atoms with E-state index >= 15 is 0 Å². The minimum Gasteiger partial charge on any atom is -0.346 e. The first kappa shape index (κ1) is 17.4. The summed E-state index contributed by atoms with van der Waals surface area (Å²) in [6, 6.07) is 10.4. The second-order valence-corrected chi connectivity index (χ2v) is 6.53. The van der Waals surface area contributed by atoms with Crippen molar-refractivity contribution in [2.24, 2.45) is 4.99 Å². The zero-order valence-corrected chi connectivity index (χ0v) is 15.5. The summed E-state index contributed by atoms with van der Waals surface area (Å²) < 4.78 is 0. The number of aromatic nitrogens is 3. The number of anilines is 2. The first-order valence-electron chi connectivity index (χ1n) is 9.45. The van der Waals surface area contributed by atoms with Crippen LogP contribution < -0.4 is 21.3 Å². The average Bonchev–Trinajstić information content (AvgIpc) is 3.14. The quantitative estimate of drug-likeness (QED) is 0.564. The highest BCUT2D eigenvalue weighted by molar-refractivity contribution is 5.63. The lowest BCUT2D eigenvalue weighted by molar-refractivity contribution is 0.716. The van der Waals surface area contributed by atoms with Gasteiger partial charge in [0.15, 0.2) is 0 Å². The highest BCUT2D eigenvalue weighted by atomic mass is 15.1. The molecule has 0 bridgehead atoms. The average molecular weight is 360 g/mol. The lowest BCUT2D eigenvalue weighted by atomic mass is 10.1. The van der Waals surface area contributed by atoms with E-state index in [1.54, 1.807) is 6.20 Å². The molecule has 0 saturated heterocycles. The van der Waals surface area contributed by atoms with Gasteiger partial charge in [-0.3, -0.25) is 4.99 Å². The third-order valence-corrected chi connectivity index (χ3v) is 4.63. The standard InChI is InChI=1S/C21H24N6/c1-2-22-12-9-15-5-7-16(8-6-15)26-21-24-13-10-19(27-21)18-14-25-20-17(18)4-3-11-23-20/h4-8,10,13-14,22H,2-3,9,11-12H2,1H3,(H,23,25)(H,24,26,27). The van der Waals surface area contributed by atoms with Crippen LogP contribution in [0, 0.1) is 0 Å². The number of hydrogen-bond acceptors (Lipinski definition) is 5. The van der Waals surface area contributed by atoms with Crippen LogP contribution in [0.2, 0.25) is 0 Å². The molecule has 0 saturated carbocycles. The molecule has 0 amide bonds. The summed E-state index contributed by atoms with van der Waals surface area (Å²) >= 11 is 0. The number of benzene rings is 1. The van der Waals surface area contributed by atoms with Crippen molar-refractivity contribution >= 4 is 17.7 Å². The van der Waals surface area contributed by atoms with E-state index in [-0.39, 0.29) is 0 Å². The molecule has 3 heterocycles. The molecule has 27 heavy (non-hydrogen) atoms. The van der Waals surface area contributed by atoms with Gasteiger partial charge in [-0.05, 0) is 49.7 Å². The van der Waals surface area contributed by atoms with Crippen LogP contribution >= 0.6 is 0 Å². The van der Waals surface area contributed by atoms with Gasteiger partial charge in [-0.2, -0.15) is 0 Å². The number of likely N-dealkylation sites (N-methyl/N-ethyl adjacent to an activating group) is 1. The van der Waals surface area contributed by atoms with Gasteiger partial charge in [-0.15, -0.1) is 0 Å². The van der Waals surface area contributed by atoms with Crippen LogP contribution in [-0.4, -0.2) is 34.6 Å². The predicted molar refractivity (Wildman–Crippen MR) is 109 cm³/mol. The van der Waals surface area contributed by atoms with E-state index in [9.17, 15) is 0 Å². The van der Waals surface area contributed by atoms with Crippen molar-refractivity contribution in [3.63, 3.8) is 0 Å². The molecule has 1 aliphatic rings. The van der Waals surface area contributed by atoms with Gasteiger partial charge in [0.05, 0.1) is 5.69 Å². The summed E-state index contributed by atoms with van der Waals surface area (Å²) in [5.41, 5.74) is 5.20. The number of fused-ring (bicyclic) bond motifs is 1. The maximum Gasteiger partial charge on any atom is 0.227 e. The van der Waals surface area contributed by atoms with Gasteiger partial charge in [0, 0.05) is 35.4 Å². The van der Waals surface area contributed by atoms with E-state index in [0.717, 1.165) is 60.1 Å². The number of nitrogens with one attached hydrogen (secondary N) is 3. The van der Waals surface area contributed by atoms with Gasteiger partial charge in [0.1, 0.15) is 5.49 Å². The Morgan fingerprint density at radius 1 is 1.15 bits per heavy atom. The van der Waals surface area contributed by atoms with Gasteiger partial charge in [0.2, 0.25) is 5.95 Å². The van der Waals surface area contributed by atoms with Crippen LogP contribution in [0.15, 0.2) is 47.7 Å². The molecule has 4 rings (SSSR count). The second-order valence-electron chi connectivity index (χ2n) is 6.53. The number of hydrogen-bond donors (Lipinski definition) is 3. The van der Waals surface area contributed by atoms with Crippen molar-refractivity contribution in [1.29, 1.82) is 0 Å². The fraction of sp³-hybridized carbons (Fsp3) is 0.286. The van der Waals surface area contributed by atoms with E-state index in [2.05, 4.69) is 67.8 Å². The van der Waals surface area contributed by atoms with Gasteiger partial charge >= 0.3 is 0 Å². The van der Waals surface area contributed by atoms with Crippen molar-refractivity contribution in [2.45, 2.75) is 19.8 Å². The van der Waals surface area contributed by atoms with E-state index in [0.29, 0.717) is 5.95 Å². The Labute approximate surface area is 158 Å². The molecule has 0 spiro atoms. The smallest absolute Gasteiger partial charge is 0.227 e. The van der Waals surface area contributed by atoms with Crippen molar-refractivity contribution in [2.75, 3.05) is 25.0 Å². The van der Waals surface area contributed by atoms with E-state index < -0.39 is 0 Å². The van der Waals surface area contributed by atoms with Crippen molar-refractivity contribution in [3.05, 3.63) is 59.0 Å². The number of H-pyrrole nitrogens is 1. The molecule has 138 valence electrons.